The molecule has 0 aliphatic rings. The predicted octanol–water partition coefficient (Wildman–Crippen LogP) is 2.13. The molecule has 0 radical (unpaired) electrons. The van der Waals surface area contributed by atoms with E-state index >= 15 is 0 Å². The molecule has 18 heavy (non-hydrogen) atoms. The van der Waals surface area contributed by atoms with Crippen LogP contribution in [0.4, 0.5) is 30.7 Å². The summed E-state index contributed by atoms with van der Waals surface area (Å²) in [4.78, 5) is 10.6. The maximum absolute atomic E-state index is 12.8. The van der Waals surface area contributed by atoms with E-state index in [4.69, 9.17) is 5.11 Å². The standard InChI is InChI=1S/C8H9F7O3/c1-2-18-5(17)3-4(16)6(9,10)7(11,12)8(13,14)15/h4,16H,2-3H2,1H3. The molecule has 0 saturated carbocycles. The quantitative estimate of drug-likeness (QED) is 0.622. The molecular formula is C8H9F7O3. The first-order valence-electron chi connectivity index (χ1n) is 4.54. The molecule has 0 aliphatic carbocycles. The van der Waals surface area contributed by atoms with E-state index in [1.54, 1.807) is 0 Å². The number of hydrogen-bond donors (Lipinski definition) is 1. The smallest absolute Gasteiger partial charge is 0.459 e. The van der Waals surface area contributed by atoms with E-state index in [1.165, 1.54) is 6.92 Å². The first kappa shape index (κ1) is 16.9. The van der Waals surface area contributed by atoms with Gasteiger partial charge in [0.1, 0.15) is 6.10 Å². The van der Waals surface area contributed by atoms with Crippen molar-refractivity contribution in [1.82, 2.24) is 0 Å². The van der Waals surface area contributed by atoms with Crippen molar-refractivity contribution in [2.75, 3.05) is 6.61 Å². The Kier molecular flexibility index (Phi) is 4.98. The van der Waals surface area contributed by atoms with Crippen molar-refractivity contribution in [3.05, 3.63) is 0 Å². The van der Waals surface area contributed by atoms with Gasteiger partial charge >= 0.3 is 24.0 Å². The van der Waals surface area contributed by atoms with Crippen LogP contribution in [0.15, 0.2) is 0 Å². The molecule has 0 rings (SSSR count). The second-order valence-electron chi connectivity index (χ2n) is 3.22. The van der Waals surface area contributed by atoms with Crippen molar-refractivity contribution < 1.29 is 45.4 Å². The van der Waals surface area contributed by atoms with Crippen LogP contribution < -0.4 is 0 Å². The number of rotatable bonds is 5. The van der Waals surface area contributed by atoms with Gasteiger partial charge in [-0.2, -0.15) is 30.7 Å². The fourth-order valence-electron chi connectivity index (χ4n) is 0.904. The molecule has 0 bridgehead atoms. The number of carbonyl (C=O) groups is 1. The number of esters is 1. The van der Waals surface area contributed by atoms with Crippen LogP contribution in [0.2, 0.25) is 0 Å². The SMILES string of the molecule is CCOC(=O)CC(O)C(F)(F)C(F)(F)C(F)(F)F. The molecule has 0 saturated heterocycles. The number of aliphatic hydroxyl groups is 1. The van der Waals surface area contributed by atoms with Crippen LogP contribution in [0.1, 0.15) is 13.3 Å². The summed E-state index contributed by atoms with van der Waals surface area (Å²) in [7, 11) is 0. The molecule has 1 unspecified atom stereocenters. The Morgan fingerprint density at radius 2 is 1.61 bits per heavy atom. The summed E-state index contributed by atoms with van der Waals surface area (Å²) >= 11 is 0. The number of carbonyl (C=O) groups excluding carboxylic acids is 1. The second-order valence-corrected chi connectivity index (χ2v) is 3.22. The highest BCUT2D eigenvalue weighted by Crippen LogP contribution is 2.48. The summed E-state index contributed by atoms with van der Waals surface area (Å²) in [5, 5.41) is 8.64. The molecule has 0 aromatic rings. The lowest BCUT2D eigenvalue weighted by Gasteiger charge is -2.31. The highest BCUT2D eigenvalue weighted by atomic mass is 19.4. The van der Waals surface area contributed by atoms with Crippen molar-refractivity contribution in [3.8, 4) is 0 Å². The van der Waals surface area contributed by atoms with Gasteiger partial charge in [-0.15, -0.1) is 0 Å². The van der Waals surface area contributed by atoms with E-state index in [-0.39, 0.29) is 6.61 Å². The molecule has 0 aromatic heterocycles. The normalized spacial score (nSPS) is 15.4. The first-order chi connectivity index (χ1) is 7.88. The zero-order valence-corrected chi connectivity index (χ0v) is 8.90. The van der Waals surface area contributed by atoms with E-state index in [2.05, 4.69) is 4.74 Å². The highest BCUT2D eigenvalue weighted by molar-refractivity contribution is 5.70. The Bertz CT molecular complexity index is 300. The average molecular weight is 286 g/mol. The number of alkyl halides is 7. The summed E-state index contributed by atoms with van der Waals surface area (Å²) in [5.74, 6) is -13.8. The van der Waals surface area contributed by atoms with Crippen LogP contribution in [0.5, 0.6) is 0 Å². The molecule has 0 heterocycles. The molecule has 0 aromatic carbocycles. The van der Waals surface area contributed by atoms with Crippen LogP contribution in [0.25, 0.3) is 0 Å². The lowest BCUT2D eigenvalue weighted by molar-refractivity contribution is -0.370. The fourth-order valence-corrected chi connectivity index (χ4v) is 0.904. The lowest BCUT2D eigenvalue weighted by atomic mass is 10.0. The van der Waals surface area contributed by atoms with Crippen LogP contribution in [0.3, 0.4) is 0 Å². The molecule has 1 N–H and O–H groups in total. The van der Waals surface area contributed by atoms with Crippen molar-refractivity contribution in [2.45, 2.75) is 37.5 Å². The number of halogens is 7. The van der Waals surface area contributed by atoms with E-state index in [9.17, 15) is 35.5 Å². The van der Waals surface area contributed by atoms with Gasteiger partial charge in [0.2, 0.25) is 0 Å². The number of aliphatic hydroxyl groups excluding tert-OH is 1. The zero-order valence-electron chi connectivity index (χ0n) is 8.90. The van der Waals surface area contributed by atoms with Gasteiger partial charge in [0.15, 0.2) is 0 Å². The molecular weight excluding hydrogens is 277 g/mol. The van der Waals surface area contributed by atoms with Crippen LogP contribution in [0, 0.1) is 0 Å². The third kappa shape index (κ3) is 3.24. The van der Waals surface area contributed by atoms with Crippen molar-refractivity contribution >= 4 is 5.97 Å². The fraction of sp³-hybridized carbons (Fsp3) is 0.875. The Balaban J connectivity index is 4.97. The van der Waals surface area contributed by atoms with Crippen LogP contribution in [-0.2, 0) is 9.53 Å². The minimum atomic E-state index is -6.55. The van der Waals surface area contributed by atoms with E-state index < -0.39 is 36.5 Å². The number of hydrogen-bond acceptors (Lipinski definition) is 3. The minimum absolute atomic E-state index is 0.299. The number of ether oxygens (including phenoxy) is 1. The largest absolute Gasteiger partial charge is 0.466 e. The van der Waals surface area contributed by atoms with Gasteiger partial charge in [-0.1, -0.05) is 0 Å². The predicted molar refractivity (Wildman–Crippen MR) is 43.2 cm³/mol. The Labute approximate surface area is 96.5 Å². The summed E-state index contributed by atoms with van der Waals surface area (Å²) in [5.41, 5.74) is 0. The summed E-state index contributed by atoms with van der Waals surface area (Å²) < 4.78 is 89.5. The van der Waals surface area contributed by atoms with Gasteiger partial charge < -0.3 is 9.84 Å². The average Bonchev–Trinajstić information content (AvgIpc) is 2.15. The zero-order chi connectivity index (χ0) is 14.8. The maximum Gasteiger partial charge on any atom is 0.459 e. The molecule has 0 fully saturated rings. The topological polar surface area (TPSA) is 46.5 Å². The second kappa shape index (κ2) is 5.29. The van der Waals surface area contributed by atoms with Crippen LogP contribution in [-0.4, -0.2) is 41.8 Å². The molecule has 3 nitrogen and oxygen atoms in total. The summed E-state index contributed by atoms with van der Waals surface area (Å²) in [6, 6.07) is 0. The van der Waals surface area contributed by atoms with Gasteiger partial charge in [-0.3, -0.25) is 4.79 Å². The van der Waals surface area contributed by atoms with E-state index in [0.717, 1.165) is 0 Å². The molecule has 1 atom stereocenters. The lowest BCUT2D eigenvalue weighted by Crippen LogP contribution is -2.58. The Morgan fingerprint density at radius 3 is 1.94 bits per heavy atom. The molecule has 0 spiro atoms. The van der Waals surface area contributed by atoms with Gasteiger partial charge in [-0.25, -0.2) is 0 Å². The van der Waals surface area contributed by atoms with Gasteiger partial charge in [0.25, 0.3) is 0 Å². The monoisotopic (exact) mass is 286 g/mol. The third-order valence-corrected chi connectivity index (χ3v) is 1.86. The Hall–Kier alpha value is -1.06. The molecule has 0 aliphatic heterocycles. The third-order valence-electron chi connectivity index (χ3n) is 1.86. The van der Waals surface area contributed by atoms with E-state index in [0.29, 0.717) is 0 Å². The summed E-state index contributed by atoms with van der Waals surface area (Å²) in [6.45, 7) is 0.958. The van der Waals surface area contributed by atoms with Crippen molar-refractivity contribution in [1.29, 1.82) is 0 Å². The van der Waals surface area contributed by atoms with Crippen molar-refractivity contribution in [3.63, 3.8) is 0 Å². The van der Waals surface area contributed by atoms with Gasteiger partial charge in [0.05, 0.1) is 13.0 Å². The van der Waals surface area contributed by atoms with Crippen molar-refractivity contribution in [2.24, 2.45) is 0 Å². The first-order valence-corrected chi connectivity index (χ1v) is 4.54. The maximum atomic E-state index is 12.8. The molecule has 108 valence electrons. The van der Waals surface area contributed by atoms with Gasteiger partial charge in [-0.05, 0) is 6.92 Å². The Morgan fingerprint density at radius 1 is 1.17 bits per heavy atom. The van der Waals surface area contributed by atoms with E-state index in [1.807, 2.05) is 0 Å². The highest BCUT2D eigenvalue weighted by Gasteiger charge is 2.75. The summed E-state index contributed by atoms with van der Waals surface area (Å²) in [6.07, 6.45) is -11.7. The minimum Gasteiger partial charge on any atom is -0.466 e. The van der Waals surface area contributed by atoms with Crippen LogP contribution >= 0.6 is 0 Å². The molecule has 10 heteroatoms. The molecule has 0 amide bonds. The van der Waals surface area contributed by atoms with Gasteiger partial charge in [0, 0.05) is 0 Å².